The Labute approximate surface area is 93.4 Å². The van der Waals surface area contributed by atoms with Crippen LogP contribution in [0.15, 0.2) is 18.2 Å². The molecule has 0 saturated heterocycles. The third kappa shape index (κ3) is 2.32. The molecule has 2 N–H and O–H groups in total. The van der Waals surface area contributed by atoms with E-state index in [4.69, 9.17) is 10.5 Å². The minimum Gasteiger partial charge on any atom is -0.487 e. The first-order valence-corrected chi connectivity index (χ1v) is 5.52. The molecule has 2 unspecified atom stereocenters. The van der Waals surface area contributed by atoms with Crippen molar-refractivity contribution >= 4 is 0 Å². The van der Waals surface area contributed by atoms with E-state index in [-0.39, 0.29) is 17.8 Å². The fraction of sp³-hybridized carbons (Fsp3) is 0.500. The lowest BCUT2D eigenvalue weighted by Crippen LogP contribution is -2.27. The van der Waals surface area contributed by atoms with Crippen molar-refractivity contribution in [3.63, 3.8) is 0 Å². The Morgan fingerprint density at radius 3 is 2.81 bits per heavy atom. The first kappa shape index (κ1) is 11.3. The predicted molar refractivity (Wildman–Crippen MR) is 57.2 cm³/mol. The molecule has 1 aromatic carbocycles. The van der Waals surface area contributed by atoms with E-state index in [9.17, 15) is 8.78 Å². The van der Waals surface area contributed by atoms with Gasteiger partial charge in [-0.15, -0.1) is 0 Å². The summed E-state index contributed by atoms with van der Waals surface area (Å²) in [5.74, 6) is -0.842. The molecular weight excluding hydrogens is 212 g/mol. The molecule has 0 spiro atoms. The van der Waals surface area contributed by atoms with Crippen LogP contribution in [0, 0.1) is 17.6 Å². The van der Waals surface area contributed by atoms with Gasteiger partial charge in [0.15, 0.2) is 11.6 Å². The molecule has 88 valence electrons. The van der Waals surface area contributed by atoms with Crippen molar-refractivity contribution in [1.29, 1.82) is 0 Å². The highest BCUT2D eigenvalue weighted by Crippen LogP contribution is 2.30. The van der Waals surface area contributed by atoms with Crippen molar-refractivity contribution in [2.24, 2.45) is 11.7 Å². The lowest BCUT2D eigenvalue weighted by atomic mass is 10.1. The molecule has 0 amide bonds. The first-order valence-electron chi connectivity index (χ1n) is 5.52. The van der Waals surface area contributed by atoms with Crippen molar-refractivity contribution in [3.8, 4) is 5.75 Å². The van der Waals surface area contributed by atoms with Gasteiger partial charge in [-0.1, -0.05) is 0 Å². The zero-order valence-corrected chi connectivity index (χ0v) is 8.96. The number of ether oxygens (including phenoxy) is 1. The van der Waals surface area contributed by atoms with Crippen molar-refractivity contribution in [1.82, 2.24) is 0 Å². The van der Waals surface area contributed by atoms with Crippen LogP contribution in [0.1, 0.15) is 19.3 Å². The molecule has 2 atom stereocenters. The van der Waals surface area contributed by atoms with Gasteiger partial charge < -0.3 is 10.5 Å². The Morgan fingerprint density at radius 2 is 2.12 bits per heavy atom. The normalized spacial score (nSPS) is 24.7. The summed E-state index contributed by atoms with van der Waals surface area (Å²) in [4.78, 5) is 0. The molecule has 0 radical (unpaired) electrons. The third-order valence-electron chi connectivity index (χ3n) is 3.06. The summed E-state index contributed by atoms with van der Waals surface area (Å²) < 4.78 is 31.6. The van der Waals surface area contributed by atoms with Gasteiger partial charge in [0, 0.05) is 12.0 Å². The molecule has 0 aromatic heterocycles. The van der Waals surface area contributed by atoms with Crippen LogP contribution in [-0.2, 0) is 0 Å². The summed E-state index contributed by atoms with van der Waals surface area (Å²) in [6.07, 6.45) is 2.92. The van der Waals surface area contributed by atoms with Gasteiger partial charge in [-0.25, -0.2) is 8.78 Å². The van der Waals surface area contributed by atoms with Crippen LogP contribution in [0.2, 0.25) is 0 Å². The molecule has 1 aliphatic carbocycles. The summed E-state index contributed by atoms with van der Waals surface area (Å²) in [5, 5.41) is 0. The molecular formula is C12H15F2NO. The molecule has 4 heteroatoms. The molecule has 1 saturated carbocycles. The van der Waals surface area contributed by atoms with Crippen molar-refractivity contribution < 1.29 is 13.5 Å². The van der Waals surface area contributed by atoms with Gasteiger partial charge in [0.25, 0.3) is 0 Å². The van der Waals surface area contributed by atoms with Crippen LogP contribution in [0.3, 0.4) is 0 Å². The van der Waals surface area contributed by atoms with Crippen LogP contribution >= 0.6 is 0 Å². The van der Waals surface area contributed by atoms with E-state index in [1.54, 1.807) is 0 Å². The number of halogens is 2. The van der Waals surface area contributed by atoms with Crippen LogP contribution in [0.4, 0.5) is 8.78 Å². The van der Waals surface area contributed by atoms with Gasteiger partial charge in [-0.2, -0.15) is 0 Å². The van der Waals surface area contributed by atoms with Crippen molar-refractivity contribution in [2.45, 2.75) is 25.4 Å². The van der Waals surface area contributed by atoms with Crippen molar-refractivity contribution in [3.05, 3.63) is 29.8 Å². The molecule has 2 rings (SSSR count). The second-order valence-corrected chi connectivity index (χ2v) is 4.16. The van der Waals surface area contributed by atoms with Gasteiger partial charge in [-0.05, 0) is 37.9 Å². The molecule has 16 heavy (non-hydrogen) atoms. The molecule has 1 fully saturated rings. The summed E-state index contributed by atoms with van der Waals surface area (Å²) in [7, 11) is 0. The first-order chi connectivity index (χ1) is 7.70. The Bertz CT molecular complexity index is 370. The summed E-state index contributed by atoms with van der Waals surface area (Å²) in [6, 6.07) is 3.36. The van der Waals surface area contributed by atoms with Crippen molar-refractivity contribution in [2.75, 3.05) is 6.54 Å². The topological polar surface area (TPSA) is 35.2 Å². The predicted octanol–water partition coefficient (Wildman–Crippen LogP) is 2.47. The number of hydrogen-bond donors (Lipinski definition) is 1. The Morgan fingerprint density at radius 1 is 1.31 bits per heavy atom. The van der Waals surface area contributed by atoms with Crippen LogP contribution in [0.25, 0.3) is 0 Å². The highest BCUT2D eigenvalue weighted by molar-refractivity contribution is 5.25. The number of nitrogens with two attached hydrogens (primary N) is 1. The molecule has 0 bridgehead atoms. The maximum absolute atomic E-state index is 13.3. The maximum Gasteiger partial charge on any atom is 0.167 e. The van der Waals surface area contributed by atoms with Gasteiger partial charge in [0.2, 0.25) is 0 Å². The number of rotatable bonds is 3. The zero-order valence-electron chi connectivity index (χ0n) is 8.96. The average molecular weight is 227 g/mol. The van der Waals surface area contributed by atoms with Crippen LogP contribution in [0.5, 0.6) is 5.75 Å². The third-order valence-corrected chi connectivity index (χ3v) is 3.06. The van der Waals surface area contributed by atoms with E-state index >= 15 is 0 Å². The smallest absolute Gasteiger partial charge is 0.167 e. The fourth-order valence-electron chi connectivity index (χ4n) is 2.16. The summed E-state index contributed by atoms with van der Waals surface area (Å²) >= 11 is 0. The quantitative estimate of drug-likeness (QED) is 0.861. The van der Waals surface area contributed by atoms with E-state index < -0.39 is 11.6 Å². The minimum absolute atomic E-state index is 0.0371. The zero-order chi connectivity index (χ0) is 11.5. The second-order valence-electron chi connectivity index (χ2n) is 4.16. The standard InChI is InChI=1S/C12H15F2NO/c13-9-4-5-12(10(14)6-9)16-11-3-1-2-8(11)7-15/h4-6,8,11H,1-3,7,15H2. The molecule has 0 heterocycles. The minimum atomic E-state index is -0.650. The van der Waals surface area contributed by atoms with E-state index in [0.717, 1.165) is 25.3 Å². The molecule has 1 aliphatic rings. The van der Waals surface area contributed by atoms with Gasteiger partial charge >= 0.3 is 0 Å². The van der Waals surface area contributed by atoms with Gasteiger partial charge in [0.05, 0.1) is 0 Å². The Balaban J connectivity index is 2.08. The molecule has 2 nitrogen and oxygen atoms in total. The van der Waals surface area contributed by atoms with Gasteiger partial charge in [0.1, 0.15) is 11.9 Å². The number of benzene rings is 1. The summed E-state index contributed by atoms with van der Waals surface area (Å²) in [6.45, 7) is 0.549. The summed E-state index contributed by atoms with van der Waals surface area (Å²) in [5.41, 5.74) is 5.61. The second kappa shape index (κ2) is 4.78. The number of hydrogen-bond acceptors (Lipinski definition) is 2. The van der Waals surface area contributed by atoms with Crippen LogP contribution in [-0.4, -0.2) is 12.6 Å². The lowest BCUT2D eigenvalue weighted by Gasteiger charge is -2.20. The van der Waals surface area contributed by atoms with E-state index in [0.29, 0.717) is 6.54 Å². The maximum atomic E-state index is 13.3. The van der Waals surface area contributed by atoms with E-state index in [1.807, 2.05) is 0 Å². The average Bonchev–Trinajstić information content (AvgIpc) is 2.69. The Kier molecular flexibility index (Phi) is 3.39. The van der Waals surface area contributed by atoms with E-state index in [2.05, 4.69) is 0 Å². The lowest BCUT2D eigenvalue weighted by molar-refractivity contribution is 0.155. The SMILES string of the molecule is NCC1CCCC1Oc1ccc(F)cc1F. The molecule has 1 aromatic rings. The fourth-order valence-corrected chi connectivity index (χ4v) is 2.16. The largest absolute Gasteiger partial charge is 0.487 e. The monoisotopic (exact) mass is 227 g/mol. The highest BCUT2D eigenvalue weighted by atomic mass is 19.1. The Hall–Kier alpha value is -1.16. The van der Waals surface area contributed by atoms with Crippen LogP contribution < -0.4 is 10.5 Å². The van der Waals surface area contributed by atoms with Gasteiger partial charge in [-0.3, -0.25) is 0 Å². The molecule has 0 aliphatic heterocycles. The highest BCUT2D eigenvalue weighted by Gasteiger charge is 2.28. The van der Waals surface area contributed by atoms with E-state index in [1.165, 1.54) is 12.1 Å².